The van der Waals surface area contributed by atoms with Crippen LogP contribution in [0.15, 0.2) is 30.5 Å². The molecule has 1 heterocycles. The Kier molecular flexibility index (Phi) is 5.39. The zero-order valence-electron chi connectivity index (χ0n) is 13.4. The molecule has 2 rings (SSSR count). The fourth-order valence-electron chi connectivity index (χ4n) is 2.68. The van der Waals surface area contributed by atoms with Crippen molar-refractivity contribution in [3.63, 3.8) is 0 Å². The first-order chi connectivity index (χ1) is 10.2. The Balaban J connectivity index is 2.04. The van der Waals surface area contributed by atoms with Gasteiger partial charge in [0.2, 0.25) is 0 Å². The lowest BCUT2D eigenvalue weighted by Crippen LogP contribution is -2.18. The second-order valence-corrected chi connectivity index (χ2v) is 5.29. The summed E-state index contributed by atoms with van der Waals surface area (Å²) in [6.07, 6.45) is 5.19. The Morgan fingerprint density at radius 2 is 2.00 bits per heavy atom. The molecule has 0 amide bonds. The van der Waals surface area contributed by atoms with E-state index < -0.39 is 0 Å². The van der Waals surface area contributed by atoms with Gasteiger partial charge in [-0.05, 0) is 44.0 Å². The summed E-state index contributed by atoms with van der Waals surface area (Å²) in [5.74, 6) is 0.907. The molecule has 4 nitrogen and oxygen atoms in total. The lowest BCUT2D eigenvalue weighted by atomic mass is 9.98. The number of nitrogens with one attached hydrogen (secondary N) is 1. The minimum absolute atomic E-state index is 0.343. The van der Waals surface area contributed by atoms with Crippen LogP contribution >= 0.6 is 0 Å². The second kappa shape index (κ2) is 7.27. The predicted octanol–water partition coefficient (Wildman–Crippen LogP) is 2.88. The monoisotopic (exact) mass is 287 g/mol. The minimum atomic E-state index is 0.343. The Morgan fingerprint density at radius 1 is 1.29 bits per heavy atom. The summed E-state index contributed by atoms with van der Waals surface area (Å²) in [5.41, 5.74) is 3.83. The van der Waals surface area contributed by atoms with E-state index >= 15 is 0 Å². The molecule has 0 saturated heterocycles. The summed E-state index contributed by atoms with van der Waals surface area (Å²) in [4.78, 5) is 0. The molecule has 0 aliphatic carbocycles. The van der Waals surface area contributed by atoms with E-state index in [-0.39, 0.29) is 0 Å². The summed E-state index contributed by atoms with van der Waals surface area (Å²) < 4.78 is 7.10. The predicted molar refractivity (Wildman–Crippen MR) is 85.7 cm³/mol. The molecular formula is C17H25N3O. The molecule has 21 heavy (non-hydrogen) atoms. The average molecular weight is 287 g/mol. The highest BCUT2D eigenvalue weighted by Gasteiger charge is 2.16. The molecule has 2 aromatic rings. The lowest BCUT2D eigenvalue weighted by molar-refractivity contribution is 0.414. The molecule has 0 fully saturated rings. The van der Waals surface area contributed by atoms with Gasteiger partial charge < -0.3 is 10.1 Å². The zero-order valence-corrected chi connectivity index (χ0v) is 13.4. The van der Waals surface area contributed by atoms with Crippen molar-refractivity contribution in [3.05, 3.63) is 47.3 Å². The summed E-state index contributed by atoms with van der Waals surface area (Å²) in [7, 11) is 5.70. The third-order valence-electron chi connectivity index (χ3n) is 3.88. The van der Waals surface area contributed by atoms with Crippen molar-refractivity contribution < 1.29 is 4.74 Å². The topological polar surface area (TPSA) is 39.1 Å². The zero-order chi connectivity index (χ0) is 15.2. The normalized spacial score (nSPS) is 12.4. The third kappa shape index (κ3) is 3.85. The average Bonchev–Trinajstić information content (AvgIpc) is 2.89. The van der Waals surface area contributed by atoms with Crippen molar-refractivity contribution in [2.45, 2.75) is 32.2 Å². The number of rotatable bonds is 7. The van der Waals surface area contributed by atoms with Gasteiger partial charge >= 0.3 is 0 Å². The Hall–Kier alpha value is -1.81. The van der Waals surface area contributed by atoms with Crippen LogP contribution in [-0.4, -0.2) is 23.9 Å². The van der Waals surface area contributed by atoms with E-state index in [2.05, 4.69) is 35.7 Å². The van der Waals surface area contributed by atoms with Crippen LogP contribution in [0, 0.1) is 0 Å². The van der Waals surface area contributed by atoms with Crippen molar-refractivity contribution in [1.29, 1.82) is 0 Å². The van der Waals surface area contributed by atoms with Crippen LogP contribution in [0.5, 0.6) is 5.75 Å². The number of aromatic nitrogens is 2. The number of ether oxygens (including phenoxy) is 1. The van der Waals surface area contributed by atoms with Crippen LogP contribution in [0.2, 0.25) is 0 Å². The molecule has 0 saturated carbocycles. The van der Waals surface area contributed by atoms with Gasteiger partial charge in [-0.25, -0.2) is 0 Å². The largest absolute Gasteiger partial charge is 0.497 e. The van der Waals surface area contributed by atoms with Crippen LogP contribution < -0.4 is 10.1 Å². The van der Waals surface area contributed by atoms with Gasteiger partial charge in [-0.2, -0.15) is 5.10 Å². The summed E-state index contributed by atoms with van der Waals surface area (Å²) in [5, 5.41) is 7.96. The van der Waals surface area contributed by atoms with Crippen molar-refractivity contribution in [3.8, 4) is 5.75 Å². The number of hydrogen-bond acceptors (Lipinski definition) is 3. The minimum Gasteiger partial charge on any atom is -0.497 e. The first-order valence-corrected chi connectivity index (χ1v) is 7.50. The highest BCUT2D eigenvalue weighted by Crippen LogP contribution is 2.23. The molecule has 0 aliphatic rings. The fourth-order valence-corrected chi connectivity index (χ4v) is 2.68. The van der Waals surface area contributed by atoms with Crippen molar-refractivity contribution in [2.24, 2.45) is 7.05 Å². The van der Waals surface area contributed by atoms with Crippen LogP contribution in [-0.2, 0) is 19.9 Å². The number of nitrogens with zero attached hydrogens (tertiary/aromatic N) is 2. The Morgan fingerprint density at radius 3 is 2.57 bits per heavy atom. The number of hydrogen-bond donors (Lipinski definition) is 1. The van der Waals surface area contributed by atoms with Crippen molar-refractivity contribution >= 4 is 0 Å². The van der Waals surface area contributed by atoms with Gasteiger partial charge in [0.1, 0.15) is 5.75 Å². The van der Waals surface area contributed by atoms with Crippen LogP contribution in [0.4, 0.5) is 0 Å². The molecular weight excluding hydrogens is 262 g/mol. The number of methoxy groups -OCH3 is 1. The maximum atomic E-state index is 5.19. The van der Waals surface area contributed by atoms with E-state index in [1.165, 1.54) is 16.8 Å². The molecule has 0 aliphatic heterocycles. The fraction of sp³-hybridized carbons (Fsp3) is 0.471. The molecule has 1 N–H and O–H groups in total. The molecule has 0 spiro atoms. The van der Waals surface area contributed by atoms with Gasteiger partial charge in [0, 0.05) is 24.8 Å². The molecule has 1 aromatic carbocycles. The van der Waals surface area contributed by atoms with Gasteiger partial charge in [0.25, 0.3) is 0 Å². The van der Waals surface area contributed by atoms with Crippen LogP contribution in [0.25, 0.3) is 0 Å². The summed E-state index contributed by atoms with van der Waals surface area (Å²) >= 11 is 0. The Bertz CT molecular complexity index is 560. The van der Waals surface area contributed by atoms with E-state index in [1.54, 1.807) is 7.11 Å². The molecule has 1 atom stereocenters. The van der Waals surface area contributed by atoms with E-state index in [9.17, 15) is 0 Å². The van der Waals surface area contributed by atoms with E-state index in [4.69, 9.17) is 4.74 Å². The lowest BCUT2D eigenvalue weighted by Gasteiger charge is -2.16. The van der Waals surface area contributed by atoms with Crippen molar-refractivity contribution in [2.75, 3.05) is 14.2 Å². The van der Waals surface area contributed by atoms with E-state index in [0.717, 1.165) is 25.0 Å². The highest BCUT2D eigenvalue weighted by molar-refractivity contribution is 5.28. The quantitative estimate of drug-likeness (QED) is 0.851. The van der Waals surface area contributed by atoms with Gasteiger partial charge in [0.05, 0.1) is 12.8 Å². The van der Waals surface area contributed by atoms with Gasteiger partial charge in [-0.15, -0.1) is 0 Å². The number of benzene rings is 1. The van der Waals surface area contributed by atoms with Gasteiger partial charge in [0.15, 0.2) is 0 Å². The molecule has 1 aromatic heterocycles. The smallest absolute Gasteiger partial charge is 0.118 e. The second-order valence-electron chi connectivity index (χ2n) is 5.29. The summed E-state index contributed by atoms with van der Waals surface area (Å²) in [6.45, 7) is 2.15. The maximum absolute atomic E-state index is 5.19. The van der Waals surface area contributed by atoms with Crippen LogP contribution in [0.1, 0.15) is 36.2 Å². The first-order valence-electron chi connectivity index (χ1n) is 7.50. The SMILES string of the molecule is CCc1nn(C)cc1C(CCc1ccc(OC)cc1)NC. The highest BCUT2D eigenvalue weighted by atomic mass is 16.5. The summed E-state index contributed by atoms with van der Waals surface area (Å²) in [6, 6.07) is 8.65. The van der Waals surface area contributed by atoms with Crippen molar-refractivity contribution in [1.82, 2.24) is 15.1 Å². The van der Waals surface area contributed by atoms with Gasteiger partial charge in [-0.1, -0.05) is 19.1 Å². The molecule has 114 valence electrons. The Labute approximate surface area is 127 Å². The molecule has 0 bridgehead atoms. The first kappa shape index (κ1) is 15.6. The molecule has 4 heteroatoms. The molecule has 1 unspecified atom stereocenters. The van der Waals surface area contributed by atoms with Gasteiger partial charge in [-0.3, -0.25) is 4.68 Å². The molecule has 0 radical (unpaired) electrons. The standard InChI is InChI=1S/C17H25N3O/c1-5-16-15(12-20(3)19-16)17(18-2)11-8-13-6-9-14(21-4)10-7-13/h6-7,9-10,12,17-18H,5,8,11H2,1-4H3. The van der Waals surface area contributed by atoms with Crippen LogP contribution in [0.3, 0.4) is 0 Å². The van der Waals surface area contributed by atoms with E-state index in [1.807, 2.05) is 30.9 Å². The third-order valence-corrected chi connectivity index (χ3v) is 3.88. The van der Waals surface area contributed by atoms with E-state index in [0.29, 0.717) is 6.04 Å². The maximum Gasteiger partial charge on any atom is 0.118 e. The number of aryl methyl sites for hydroxylation is 3.